The molecule has 3 aromatic rings. The van der Waals surface area contributed by atoms with E-state index in [0.29, 0.717) is 0 Å². The van der Waals surface area contributed by atoms with Crippen LogP contribution in [-0.2, 0) is 11.4 Å². The fourth-order valence-corrected chi connectivity index (χ4v) is 3.95. The SMILES string of the molecule is CC(=O)N[C@@H]1CCN(c2cc(C)nn3c(-c4ccc(CO)cc4)c(C)nc23)C1. The Labute approximate surface area is 164 Å². The van der Waals surface area contributed by atoms with Gasteiger partial charge in [0, 0.05) is 31.6 Å². The Hall–Kier alpha value is -2.93. The molecule has 0 aliphatic carbocycles. The third-order valence-corrected chi connectivity index (χ3v) is 5.21. The molecule has 7 nitrogen and oxygen atoms in total. The lowest BCUT2D eigenvalue weighted by molar-refractivity contribution is -0.119. The Kier molecular flexibility index (Phi) is 4.77. The average Bonchev–Trinajstić information content (AvgIpc) is 3.24. The summed E-state index contributed by atoms with van der Waals surface area (Å²) in [7, 11) is 0. The van der Waals surface area contributed by atoms with E-state index < -0.39 is 0 Å². The lowest BCUT2D eigenvalue weighted by atomic mass is 10.1. The van der Waals surface area contributed by atoms with Crippen LogP contribution in [0.15, 0.2) is 30.3 Å². The maximum atomic E-state index is 11.4. The van der Waals surface area contributed by atoms with Gasteiger partial charge in [0.15, 0.2) is 5.65 Å². The van der Waals surface area contributed by atoms with Gasteiger partial charge in [-0.2, -0.15) is 5.10 Å². The summed E-state index contributed by atoms with van der Waals surface area (Å²) in [6.45, 7) is 7.20. The summed E-state index contributed by atoms with van der Waals surface area (Å²) < 4.78 is 1.92. The number of fused-ring (bicyclic) bond motifs is 1. The van der Waals surface area contributed by atoms with Crippen LogP contribution < -0.4 is 10.2 Å². The second-order valence-electron chi connectivity index (χ2n) is 7.44. The molecule has 7 heteroatoms. The lowest BCUT2D eigenvalue weighted by Gasteiger charge is -2.20. The van der Waals surface area contributed by atoms with E-state index in [1.54, 1.807) is 6.92 Å². The number of nitrogens with zero attached hydrogens (tertiary/aromatic N) is 4. The van der Waals surface area contributed by atoms with Crippen molar-refractivity contribution >= 4 is 17.2 Å². The monoisotopic (exact) mass is 379 g/mol. The molecule has 2 aromatic heterocycles. The van der Waals surface area contributed by atoms with Crippen molar-refractivity contribution in [3.05, 3.63) is 47.3 Å². The van der Waals surface area contributed by atoms with Gasteiger partial charge in [0.1, 0.15) is 0 Å². The highest BCUT2D eigenvalue weighted by Gasteiger charge is 2.26. The number of imidazole rings is 1. The molecule has 1 fully saturated rings. The first-order chi connectivity index (χ1) is 13.5. The van der Waals surface area contributed by atoms with Gasteiger partial charge in [0.25, 0.3) is 0 Å². The molecule has 1 saturated heterocycles. The molecule has 146 valence electrons. The Morgan fingerprint density at radius 2 is 2.04 bits per heavy atom. The van der Waals surface area contributed by atoms with Gasteiger partial charge in [-0.3, -0.25) is 4.79 Å². The van der Waals surface area contributed by atoms with Crippen LogP contribution in [0.3, 0.4) is 0 Å². The van der Waals surface area contributed by atoms with Crippen molar-refractivity contribution in [2.45, 2.75) is 39.8 Å². The summed E-state index contributed by atoms with van der Waals surface area (Å²) in [4.78, 5) is 18.5. The summed E-state index contributed by atoms with van der Waals surface area (Å²) in [6.07, 6.45) is 0.919. The molecule has 3 heterocycles. The van der Waals surface area contributed by atoms with Gasteiger partial charge in [0.05, 0.1) is 29.4 Å². The Morgan fingerprint density at radius 1 is 1.29 bits per heavy atom. The lowest BCUT2D eigenvalue weighted by Crippen LogP contribution is -2.35. The van der Waals surface area contributed by atoms with Crippen LogP contribution in [0.4, 0.5) is 5.69 Å². The number of aliphatic hydroxyl groups is 1. The maximum Gasteiger partial charge on any atom is 0.217 e. The van der Waals surface area contributed by atoms with Gasteiger partial charge in [-0.1, -0.05) is 24.3 Å². The summed E-state index contributed by atoms with van der Waals surface area (Å²) >= 11 is 0. The first kappa shape index (κ1) is 18.4. The molecular formula is C21H25N5O2. The minimum Gasteiger partial charge on any atom is -0.392 e. The number of hydrogen-bond donors (Lipinski definition) is 2. The molecular weight excluding hydrogens is 354 g/mol. The van der Waals surface area contributed by atoms with E-state index >= 15 is 0 Å². The van der Waals surface area contributed by atoms with Crippen molar-refractivity contribution in [3.8, 4) is 11.3 Å². The second kappa shape index (κ2) is 7.24. The fraction of sp³-hybridized carbons (Fsp3) is 0.381. The summed E-state index contributed by atoms with van der Waals surface area (Å²) in [5, 5.41) is 17.0. The number of aromatic nitrogens is 3. The van der Waals surface area contributed by atoms with Gasteiger partial charge in [-0.25, -0.2) is 9.50 Å². The number of rotatable bonds is 4. The smallest absolute Gasteiger partial charge is 0.217 e. The average molecular weight is 379 g/mol. The minimum absolute atomic E-state index is 0.00757. The second-order valence-corrected chi connectivity index (χ2v) is 7.44. The van der Waals surface area contributed by atoms with Crippen LogP contribution in [0.1, 0.15) is 30.3 Å². The molecule has 1 aliphatic rings. The Balaban J connectivity index is 1.77. The van der Waals surface area contributed by atoms with E-state index in [-0.39, 0.29) is 18.6 Å². The molecule has 4 rings (SSSR count). The first-order valence-electron chi connectivity index (χ1n) is 9.55. The Morgan fingerprint density at radius 3 is 2.71 bits per heavy atom. The van der Waals surface area contributed by atoms with Crippen LogP contribution in [0.2, 0.25) is 0 Å². The van der Waals surface area contributed by atoms with E-state index in [1.165, 1.54) is 0 Å². The highest BCUT2D eigenvalue weighted by molar-refractivity contribution is 5.77. The number of aliphatic hydroxyl groups excluding tert-OH is 1. The number of carbonyl (C=O) groups is 1. The number of anilines is 1. The standard InChI is InChI=1S/C21H25N5O2/c1-13-10-19(25-9-8-18(11-25)23-15(3)28)21-22-14(2)20(26(21)24-13)17-6-4-16(12-27)5-7-17/h4-7,10,18,27H,8-9,11-12H2,1-3H3,(H,23,28)/t18-/m1/s1. The third-order valence-electron chi connectivity index (χ3n) is 5.21. The predicted octanol–water partition coefficient (Wildman–Crippen LogP) is 2.22. The van der Waals surface area contributed by atoms with Gasteiger partial charge in [-0.05, 0) is 31.9 Å². The zero-order chi connectivity index (χ0) is 19.8. The molecule has 1 aliphatic heterocycles. The maximum absolute atomic E-state index is 11.4. The highest BCUT2D eigenvalue weighted by atomic mass is 16.3. The van der Waals surface area contributed by atoms with E-state index in [0.717, 1.165) is 59.1 Å². The number of amides is 1. The van der Waals surface area contributed by atoms with Crippen molar-refractivity contribution in [1.29, 1.82) is 0 Å². The molecule has 0 bridgehead atoms. The van der Waals surface area contributed by atoms with E-state index in [4.69, 9.17) is 10.1 Å². The predicted molar refractivity (Wildman–Crippen MR) is 108 cm³/mol. The quantitative estimate of drug-likeness (QED) is 0.726. The topological polar surface area (TPSA) is 82.8 Å². The summed E-state index contributed by atoms with van der Waals surface area (Å²) in [5.74, 6) is 0.00757. The molecule has 2 N–H and O–H groups in total. The number of hydrogen-bond acceptors (Lipinski definition) is 5. The molecule has 1 aromatic carbocycles. The van der Waals surface area contributed by atoms with Crippen molar-refractivity contribution < 1.29 is 9.90 Å². The number of carbonyl (C=O) groups excluding carboxylic acids is 1. The van der Waals surface area contributed by atoms with E-state index in [9.17, 15) is 9.90 Å². The molecule has 0 unspecified atom stereocenters. The summed E-state index contributed by atoms with van der Waals surface area (Å²) in [5.41, 5.74) is 6.55. The number of nitrogens with one attached hydrogen (secondary N) is 1. The van der Waals surface area contributed by atoms with E-state index in [2.05, 4.69) is 16.3 Å². The summed E-state index contributed by atoms with van der Waals surface area (Å²) in [6, 6.07) is 10.1. The molecule has 1 atom stereocenters. The molecule has 28 heavy (non-hydrogen) atoms. The van der Waals surface area contributed by atoms with Crippen LogP contribution in [0.25, 0.3) is 16.9 Å². The van der Waals surface area contributed by atoms with Crippen molar-refractivity contribution in [3.63, 3.8) is 0 Å². The van der Waals surface area contributed by atoms with Crippen molar-refractivity contribution in [1.82, 2.24) is 19.9 Å². The molecule has 0 radical (unpaired) electrons. The van der Waals surface area contributed by atoms with Crippen LogP contribution in [-0.4, -0.2) is 44.7 Å². The molecule has 1 amide bonds. The largest absolute Gasteiger partial charge is 0.392 e. The zero-order valence-electron chi connectivity index (χ0n) is 16.4. The molecule has 0 saturated carbocycles. The van der Waals surface area contributed by atoms with Gasteiger partial charge < -0.3 is 15.3 Å². The Bertz CT molecular complexity index is 1030. The highest BCUT2D eigenvalue weighted by Crippen LogP contribution is 2.31. The van der Waals surface area contributed by atoms with Gasteiger partial charge >= 0.3 is 0 Å². The molecule has 0 spiro atoms. The van der Waals surface area contributed by atoms with Gasteiger partial charge in [-0.15, -0.1) is 0 Å². The van der Waals surface area contributed by atoms with E-state index in [1.807, 2.05) is 42.6 Å². The minimum atomic E-state index is 0.00757. The fourth-order valence-electron chi connectivity index (χ4n) is 3.95. The third kappa shape index (κ3) is 3.33. The number of aryl methyl sites for hydroxylation is 2. The van der Waals surface area contributed by atoms with Crippen LogP contribution in [0, 0.1) is 13.8 Å². The van der Waals surface area contributed by atoms with Gasteiger partial charge in [0.2, 0.25) is 5.91 Å². The van der Waals surface area contributed by atoms with Crippen molar-refractivity contribution in [2.24, 2.45) is 0 Å². The first-order valence-corrected chi connectivity index (χ1v) is 9.55. The van der Waals surface area contributed by atoms with Crippen molar-refractivity contribution in [2.75, 3.05) is 18.0 Å². The van der Waals surface area contributed by atoms with Crippen LogP contribution in [0.5, 0.6) is 0 Å². The zero-order valence-corrected chi connectivity index (χ0v) is 16.4. The normalized spacial score (nSPS) is 16.7. The number of benzene rings is 1. The van der Waals surface area contributed by atoms with Crippen LogP contribution >= 0.6 is 0 Å².